The maximum Gasteiger partial charge on any atom is 0.224 e. The molecule has 0 aliphatic heterocycles. The Morgan fingerprint density at radius 3 is 2.87 bits per heavy atom. The van der Waals surface area contributed by atoms with Gasteiger partial charge in [-0.05, 0) is 6.20 Å². The van der Waals surface area contributed by atoms with E-state index < -0.39 is 0 Å². The van der Waals surface area contributed by atoms with Crippen molar-refractivity contribution in [1.82, 2.24) is 14.9 Å². The van der Waals surface area contributed by atoms with Crippen LogP contribution in [0.15, 0.2) is 25.2 Å². The minimum Gasteiger partial charge on any atom is -0.333 e. The molecular formula is C10H13N3O2. The molecule has 80 valence electrons. The van der Waals surface area contributed by atoms with Gasteiger partial charge in [0.25, 0.3) is 0 Å². The molecule has 0 radical (unpaired) electrons. The molecule has 0 atom stereocenters. The Morgan fingerprint density at radius 1 is 1.60 bits per heavy atom. The van der Waals surface area contributed by atoms with Gasteiger partial charge in [0.1, 0.15) is 0 Å². The predicted molar refractivity (Wildman–Crippen MR) is 55.1 cm³/mol. The van der Waals surface area contributed by atoms with E-state index in [-0.39, 0.29) is 24.5 Å². The summed E-state index contributed by atoms with van der Waals surface area (Å²) in [6, 6.07) is 0. The molecule has 0 saturated heterocycles. The maximum absolute atomic E-state index is 11.5. The molecule has 0 saturated carbocycles. The highest BCUT2D eigenvalue weighted by molar-refractivity contribution is 5.95. The van der Waals surface area contributed by atoms with Gasteiger partial charge in [0.05, 0.1) is 0 Å². The molecule has 1 aromatic heterocycles. The molecule has 1 heterocycles. The van der Waals surface area contributed by atoms with Gasteiger partial charge in [-0.25, -0.2) is 4.98 Å². The third kappa shape index (κ3) is 3.05. The van der Waals surface area contributed by atoms with Crippen molar-refractivity contribution in [3.8, 4) is 0 Å². The number of rotatable bonds is 5. The molecule has 0 bridgehead atoms. The number of Topliss-reactive ketones (excluding diaryl/α,β-unsaturated/α-hetero) is 1. The van der Waals surface area contributed by atoms with E-state index in [1.165, 1.54) is 6.20 Å². The number of aromatic nitrogens is 2. The van der Waals surface area contributed by atoms with Crippen molar-refractivity contribution >= 4 is 11.7 Å². The lowest BCUT2D eigenvalue weighted by Crippen LogP contribution is -2.18. The highest BCUT2D eigenvalue weighted by Crippen LogP contribution is 2.02. The fourth-order valence-electron chi connectivity index (χ4n) is 1.16. The number of hydrogen-bond acceptors (Lipinski definition) is 3. The van der Waals surface area contributed by atoms with Crippen LogP contribution in [0, 0.1) is 0 Å². The number of aryl methyl sites for hydroxylation is 1. The number of carbonyl (C=O) groups is 2. The minimum atomic E-state index is -0.215. The van der Waals surface area contributed by atoms with E-state index in [2.05, 4.69) is 16.9 Å². The summed E-state index contributed by atoms with van der Waals surface area (Å²) in [5.74, 6) is 0.0238. The van der Waals surface area contributed by atoms with Crippen LogP contribution in [0.25, 0.3) is 0 Å². The molecule has 0 spiro atoms. The van der Waals surface area contributed by atoms with Gasteiger partial charge in [0.2, 0.25) is 5.91 Å². The van der Waals surface area contributed by atoms with Crippen LogP contribution >= 0.6 is 0 Å². The normalized spacial score (nSPS) is 9.67. The maximum atomic E-state index is 11.5. The summed E-state index contributed by atoms with van der Waals surface area (Å²) >= 11 is 0. The second-order valence-electron chi connectivity index (χ2n) is 3.06. The average molecular weight is 207 g/mol. The topological polar surface area (TPSA) is 64.0 Å². The smallest absolute Gasteiger partial charge is 0.224 e. The van der Waals surface area contributed by atoms with Crippen molar-refractivity contribution in [3.63, 3.8) is 0 Å². The van der Waals surface area contributed by atoms with Crippen LogP contribution in [0.4, 0.5) is 0 Å². The van der Waals surface area contributed by atoms with E-state index in [4.69, 9.17) is 0 Å². The Kier molecular flexibility index (Phi) is 3.79. The average Bonchev–Trinajstić information content (AvgIpc) is 2.61. The summed E-state index contributed by atoms with van der Waals surface area (Å²) < 4.78 is 1.63. The third-order valence-electron chi connectivity index (χ3n) is 1.91. The van der Waals surface area contributed by atoms with E-state index in [0.29, 0.717) is 5.82 Å². The van der Waals surface area contributed by atoms with E-state index in [9.17, 15) is 9.59 Å². The lowest BCUT2D eigenvalue weighted by molar-refractivity contribution is -0.120. The van der Waals surface area contributed by atoms with Crippen LogP contribution < -0.4 is 5.32 Å². The Morgan fingerprint density at radius 2 is 2.33 bits per heavy atom. The van der Waals surface area contributed by atoms with Gasteiger partial charge in [0.15, 0.2) is 11.6 Å². The highest BCUT2D eigenvalue weighted by atomic mass is 16.2. The lowest BCUT2D eigenvalue weighted by atomic mass is 10.2. The summed E-state index contributed by atoms with van der Waals surface area (Å²) in [5, 5.41) is 2.41. The molecule has 0 unspecified atom stereocenters. The Labute approximate surface area is 87.8 Å². The number of nitrogens with one attached hydrogen (secondary N) is 1. The van der Waals surface area contributed by atoms with Crippen molar-refractivity contribution in [3.05, 3.63) is 31.0 Å². The summed E-state index contributed by atoms with van der Waals surface area (Å²) in [4.78, 5) is 26.5. The highest BCUT2D eigenvalue weighted by Gasteiger charge is 2.12. The van der Waals surface area contributed by atoms with E-state index in [1.807, 2.05) is 0 Å². The van der Waals surface area contributed by atoms with E-state index in [0.717, 1.165) is 0 Å². The van der Waals surface area contributed by atoms with Gasteiger partial charge in [0, 0.05) is 32.3 Å². The zero-order valence-corrected chi connectivity index (χ0v) is 8.56. The van der Waals surface area contributed by atoms with Gasteiger partial charge >= 0.3 is 0 Å². The predicted octanol–water partition coefficient (Wildman–Crippen LogP) is 0.643. The molecule has 0 aliphatic rings. The SMILES string of the molecule is C=CNC(=O)CCC(=O)c1nccn1C. The number of nitrogens with zero attached hydrogens (tertiary/aromatic N) is 2. The molecule has 0 aliphatic carbocycles. The van der Waals surface area contributed by atoms with Crippen LogP contribution in [0.5, 0.6) is 0 Å². The summed E-state index contributed by atoms with van der Waals surface area (Å²) in [7, 11) is 1.74. The number of ketones is 1. The second-order valence-corrected chi connectivity index (χ2v) is 3.06. The van der Waals surface area contributed by atoms with Crippen LogP contribution in [0.1, 0.15) is 23.5 Å². The monoisotopic (exact) mass is 207 g/mol. The first-order chi connectivity index (χ1) is 7.15. The van der Waals surface area contributed by atoms with E-state index >= 15 is 0 Å². The molecule has 1 rings (SSSR count). The molecule has 15 heavy (non-hydrogen) atoms. The molecule has 1 amide bonds. The largest absolute Gasteiger partial charge is 0.333 e. The number of imidazole rings is 1. The van der Waals surface area contributed by atoms with Gasteiger partial charge in [-0.2, -0.15) is 0 Å². The quantitative estimate of drug-likeness (QED) is 0.721. The fraction of sp³-hybridized carbons (Fsp3) is 0.300. The summed E-state index contributed by atoms with van der Waals surface area (Å²) in [5.41, 5.74) is 0. The van der Waals surface area contributed by atoms with Crippen molar-refractivity contribution in [1.29, 1.82) is 0 Å². The Hall–Kier alpha value is -1.91. The van der Waals surface area contributed by atoms with Gasteiger partial charge in [-0.3, -0.25) is 9.59 Å². The van der Waals surface area contributed by atoms with Crippen molar-refractivity contribution in [2.45, 2.75) is 12.8 Å². The number of hydrogen-bond donors (Lipinski definition) is 1. The van der Waals surface area contributed by atoms with Gasteiger partial charge < -0.3 is 9.88 Å². The van der Waals surface area contributed by atoms with Crippen LogP contribution in [-0.2, 0) is 11.8 Å². The fourth-order valence-corrected chi connectivity index (χ4v) is 1.16. The Bertz CT molecular complexity index is 382. The first-order valence-electron chi connectivity index (χ1n) is 4.56. The van der Waals surface area contributed by atoms with E-state index in [1.54, 1.807) is 24.0 Å². The van der Waals surface area contributed by atoms with Crippen LogP contribution in [0.2, 0.25) is 0 Å². The molecular weight excluding hydrogens is 194 g/mol. The molecule has 0 fully saturated rings. The van der Waals surface area contributed by atoms with Crippen molar-refractivity contribution in [2.24, 2.45) is 7.05 Å². The molecule has 5 nitrogen and oxygen atoms in total. The zero-order valence-electron chi connectivity index (χ0n) is 8.56. The van der Waals surface area contributed by atoms with Gasteiger partial charge in [-0.15, -0.1) is 0 Å². The lowest BCUT2D eigenvalue weighted by Gasteiger charge is -2.00. The molecule has 1 aromatic rings. The van der Waals surface area contributed by atoms with Crippen molar-refractivity contribution in [2.75, 3.05) is 0 Å². The first kappa shape index (κ1) is 11.2. The molecule has 1 N–H and O–H groups in total. The van der Waals surface area contributed by atoms with Crippen LogP contribution in [0.3, 0.4) is 0 Å². The Balaban J connectivity index is 2.47. The number of carbonyl (C=O) groups excluding carboxylic acids is 2. The van der Waals surface area contributed by atoms with Gasteiger partial charge in [-0.1, -0.05) is 6.58 Å². The third-order valence-corrected chi connectivity index (χ3v) is 1.91. The zero-order chi connectivity index (χ0) is 11.3. The standard InChI is InChI=1S/C10H13N3O2/c1-3-11-9(15)5-4-8(14)10-12-6-7-13(10)2/h3,6-7H,1,4-5H2,2H3,(H,11,15). The van der Waals surface area contributed by atoms with Crippen molar-refractivity contribution < 1.29 is 9.59 Å². The van der Waals surface area contributed by atoms with Crippen LogP contribution in [-0.4, -0.2) is 21.2 Å². The number of amides is 1. The second kappa shape index (κ2) is 5.09. The molecule has 5 heteroatoms. The minimum absolute atomic E-state index is 0.137. The summed E-state index contributed by atoms with van der Waals surface area (Å²) in [6.45, 7) is 3.36. The first-order valence-corrected chi connectivity index (χ1v) is 4.56. The molecule has 0 aromatic carbocycles. The summed E-state index contributed by atoms with van der Waals surface area (Å²) in [6.07, 6.45) is 4.85.